The maximum absolute atomic E-state index is 12.9. The molecule has 1 aliphatic heterocycles. The molecule has 2 rings (SSSR count). The third kappa shape index (κ3) is 2.66. The van der Waals surface area contributed by atoms with Crippen LogP contribution in [-0.2, 0) is 9.84 Å². The lowest BCUT2D eigenvalue weighted by atomic mass is 10.2. The van der Waals surface area contributed by atoms with Crippen molar-refractivity contribution < 1.29 is 17.6 Å². The van der Waals surface area contributed by atoms with Gasteiger partial charge in [0.05, 0.1) is 11.5 Å². The number of hydrogen-bond acceptors (Lipinski definition) is 4. The van der Waals surface area contributed by atoms with E-state index in [0.29, 0.717) is 6.42 Å². The fraction of sp³-hybridized carbons (Fsp3) is 0.455. The van der Waals surface area contributed by atoms with E-state index in [1.165, 1.54) is 24.1 Å². The Labute approximate surface area is 105 Å². The maximum Gasteiger partial charge on any atom is 0.272 e. The molecular weight excluding hydrogens is 259 g/mol. The van der Waals surface area contributed by atoms with Crippen LogP contribution in [0.2, 0.25) is 0 Å². The minimum atomic E-state index is -3.05. The van der Waals surface area contributed by atoms with E-state index in [1.807, 2.05) is 0 Å². The molecule has 0 N–H and O–H groups in total. The number of rotatable bonds is 2. The summed E-state index contributed by atoms with van der Waals surface area (Å²) in [5.74, 6) is -1.14. The van der Waals surface area contributed by atoms with Crippen molar-refractivity contribution in [2.75, 3.05) is 18.6 Å². The molecule has 0 bridgehead atoms. The fourth-order valence-corrected chi connectivity index (χ4v) is 3.73. The molecule has 0 radical (unpaired) electrons. The van der Waals surface area contributed by atoms with Crippen molar-refractivity contribution >= 4 is 15.7 Å². The third-order valence-corrected chi connectivity index (χ3v) is 4.76. The highest BCUT2D eigenvalue weighted by Gasteiger charge is 2.33. The largest absolute Gasteiger partial charge is 0.336 e. The van der Waals surface area contributed by atoms with Gasteiger partial charge in [0.2, 0.25) is 5.95 Å². The number of hydrogen-bond donors (Lipinski definition) is 0. The molecule has 1 fully saturated rings. The number of pyridine rings is 1. The van der Waals surface area contributed by atoms with Gasteiger partial charge in [0.15, 0.2) is 9.84 Å². The number of sulfone groups is 1. The van der Waals surface area contributed by atoms with Gasteiger partial charge in [0.25, 0.3) is 5.91 Å². The smallest absolute Gasteiger partial charge is 0.272 e. The molecule has 1 atom stereocenters. The lowest BCUT2D eigenvalue weighted by Crippen LogP contribution is -2.38. The summed E-state index contributed by atoms with van der Waals surface area (Å²) in [6.45, 7) is 0. The Bertz CT molecular complexity index is 573. The molecule has 1 amide bonds. The lowest BCUT2D eigenvalue weighted by molar-refractivity contribution is 0.0740. The van der Waals surface area contributed by atoms with Crippen molar-refractivity contribution in [1.29, 1.82) is 0 Å². The minimum absolute atomic E-state index is 0.0122. The van der Waals surface area contributed by atoms with Crippen molar-refractivity contribution in [3.05, 3.63) is 29.8 Å². The minimum Gasteiger partial charge on any atom is -0.336 e. The summed E-state index contributed by atoms with van der Waals surface area (Å²) in [6, 6.07) is 3.60. The first-order valence-electron chi connectivity index (χ1n) is 5.49. The Morgan fingerprint density at radius 2 is 2.22 bits per heavy atom. The highest BCUT2D eigenvalue weighted by Crippen LogP contribution is 2.18. The highest BCUT2D eigenvalue weighted by atomic mass is 32.2. The monoisotopic (exact) mass is 272 g/mol. The molecule has 7 heteroatoms. The lowest BCUT2D eigenvalue weighted by Gasteiger charge is -2.22. The van der Waals surface area contributed by atoms with Crippen molar-refractivity contribution in [3.63, 3.8) is 0 Å². The number of nitrogens with zero attached hydrogens (tertiary/aromatic N) is 2. The highest BCUT2D eigenvalue weighted by molar-refractivity contribution is 7.91. The van der Waals surface area contributed by atoms with E-state index in [-0.39, 0.29) is 23.2 Å². The molecule has 1 aromatic rings. The molecule has 98 valence electrons. The first-order chi connectivity index (χ1) is 8.39. The molecule has 0 aliphatic carbocycles. The molecular formula is C11H13FN2O3S. The van der Waals surface area contributed by atoms with Crippen molar-refractivity contribution in [2.45, 2.75) is 12.5 Å². The van der Waals surface area contributed by atoms with Crippen LogP contribution < -0.4 is 0 Å². The van der Waals surface area contributed by atoms with Gasteiger partial charge in [-0.3, -0.25) is 4.79 Å². The van der Waals surface area contributed by atoms with Crippen molar-refractivity contribution in [3.8, 4) is 0 Å². The van der Waals surface area contributed by atoms with Crippen LogP contribution in [0.5, 0.6) is 0 Å². The third-order valence-electron chi connectivity index (χ3n) is 3.01. The first-order valence-corrected chi connectivity index (χ1v) is 7.31. The molecule has 0 saturated carbocycles. The van der Waals surface area contributed by atoms with E-state index in [0.717, 1.165) is 6.07 Å². The van der Waals surface area contributed by atoms with Gasteiger partial charge in [-0.25, -0.2) is 13.4 Å². The predicted octanol–water partition coefficient (Wildman–Crippen LogP) is 0.480. The number of carbonyl (C=O) groups excluding carboxylic acids is 1. The molecule has 18 heavy (non-hydrogen) atoms. The zero-order chi connectivity index (χ0) is 13.3. The molecule has 5 nitrogen and oxygen atoms in total. The molecule has 0 aromatic carbocycles. The van der Waals surface area contributed by atoms with Crippen LogP contribution in [0.15, 0.2) is 18.2 Å². The fourth-order valence-electron chi connectivity index (χ4n) is 1.95. The standard InChI is InChI=1S/C11H13FN2O3S/c1-14(8-5-6-18(16,17)7-8)11(15)9-3-2-4-10(12)13-9/h2-4,8H,5-7H2,1H3. The zero-order valence-electron chi connectivity index (χ0n) is 9.84. The van der Waals surface area contributed by atoms with E-state index in [4.69, 9.17) is 0 Å². The molecule has 1 aromatic heterocycles. The molecule has 2 heterocycles. The van der Waals surface area contributed by atoms with Crippen LogP contribution in [0.3, 0.4) is 0 Å². The molecule has 1 aliphatic rings. The Morgan fingerprint density at radius 3 is 2.78 bits per heavy atom. The van der Waals surface area contributed by atoms with Crippen LogP contribution in [0.25, 0.3) is 0 Å². The summed E-state index contributed by atoms with van der Waals surface area (Å²) in [5, 5.41) is 0. The summed E-state index contributed by atoms with van der Waals surface area (Å²) in [7, 11) is -1.54. The second-order valence-corrected chi connectivity index (χ2v) is 6.55. The summed E-state index contributed by atoms with van der Waals surface area (Å²) < 4.78 is 35.6. The van der Waals surface area contributed by atoms with Crippen molar-refractivity contribution in [2.24, 2.45) is 0 Å². The number of halogens is 1. The van der Waals surface area contributed by atoms with Crippen LogP contribution in [0.4, 0.5) is 4.39 Å². The molecule has 1 unspecified atom stereocenters. The number of aromatic nitrogens is 1. The summed E-state index contributed by atoms with van der Waals surface area (Å²) in [4.78, 5) is 16.8. The Kier molecular flexibility index (Phi) is 3.34. The molecule has 0 spiro atoms. The summed E-state index contributed by atoms with van der Waals surface area (Å²) in [6.07, 6.45) is 0.417. The van der Waals surface area contributed by atoms with Gasteiger partial charge in [-0.05, 0) is 18.6 Å². The predicted molar refractivity (Wildman–Crippen MR) is 63.3 cm³/mol. The van der Waals surface area contributed by atoms with Gasteiger partial charge >= 0.3 is 0 Å². The van der Waals surface area contributed by atoms with E-state index in [2.05, 4.69) is 4.98 Å². The SMILES string of the molecule is CN(C(=O)c1cccc(F)n1)C1CCS(=O)(=O)C1. The Morgan fingerprint density at radius 1 is 1.50 bits per heavy atom. The number of carbonyl (C=O) groups is 1. The van der Waals surface area contributed by atoms with E-state index < -0.39 is 21.7 Å². The van der Waals surface area contributed by atoms with Gasteiger partial charge in [0, 0.05) is 13.1 Å². The van der Waals surface area contributed by atoms with Crippen LogP contribution in [-0.4, -0.2) is 48.8 Å². The topological polar surface area (TPSA) is 67.3 Å². The van der Waals surface area contributed by atoms with E-state index in [9.17, 15) is 17.6 Å². The van der Waals surface area contributed by atoms with Crippen LogP contribution in [0, 0.1) is 5.95 Å². The van der Waals surface area contributed by atoms with Crippen molar-refractivity contribution in [1.82, 2.24) is 9.88 Å². The average Bonchev–Trinajstić information content (AvgIpc) is 2.68. The Balaban J connectivity index is 2.15. The van der Waals surface area contributed by atoms with Gasteiger partial charge in [-0.15, -0.1) is 0 Å². The van der Waals surface area contributed by atoms with Gasteiger partial charge in [0.1, 0.15) is 5.69 Å². The number of amides is 1. The van der Waals surface area contributed by atoms with Crippen LogP contribution >= 0.6 is 0 Å². The normalized spacial score (nSPS) is 21.8. The first kappa shape index (κ1) is 12.9. The van der Waals surface area contributed by atoms with Crippen LogP contribution in [0.1, 0.15) is 16.9 Å². The van der Waals surface area contributed by atoms with Gasteiger partial charge < -0.3 is 4.90 Å². The van der Waals surface area contributed by atoms with E-state index >= 15 is 0 Å². The second-order valence-electron chi connectivity index (χ2n) is 4.32. The quantitative estimate of drug-likeness (QED) is 0.734. The maximum atomic E-state index is 12.9. The second kappa shape index (κ2) is 4.64. The molecule has 1 saturated heterocycles. The van der Waals surface area contributed by atoms with Gasteiger partial charge in [-0.1, -0.05) is 6.07 Å². The van der Waals surface area contributed by atoms with Gasteiger partial charge in [-0.2, -0.15) is 4.39 Å². The summed E-state index contributed by atoms with van der Waals surface area (Å²) in [5.41, 5.74) is -0.0122. The van der Waals surface area contributed by atoms with E-state index in [1.54, 1.807) is 0 Å². The average molecular weight is 272 g/mol. The Hall–Kier alpha value is -1.50. The zero-order valence-corrected chi connectivity index (χ0v) is 10.7. The summed E-state index contributed by atoms with van der Waals surface area (Å²) >= 11 is 0.